The van der Waals surface area contributed by atoms with Crippen molar-refractivity contribution in [3.8, 4) is 28.8 Å². The molecule has 0 saturated carbocycles. The number of halogens is 1. The summed E-state index contributed by atoms with van der Waals surface area (Å²) >= 11 is 0. The zero-order valence-corrected chi connectivity index (χ0v) is 28.1. The predicted octanol–water partition coefficient (Wildman–Crippen LogP) is 5.40. The normalized spacial score (nSPS) is 18.6. The molecule has 2 aromatic heterocycles. The Morgan fingerprint density at radius 1 is 1.10 bits per heavy atom. The van der Waals surface area contributed by atoms with E-state index in [0.717, 1.165) is 6.42 Å². The molecule has 2 aliphatic rings. The van der Waals surface area contributed by atoms with Gasteiger partial charge in [-0.1, -0.05) is 25.1 Å². The number of carbonyl (C=O) groups excluding carboxylic acids is 2. The van der Waals surface area contributed by atoms with Crippen LogP contribution in [0.5, 0.6) is 11.5 Å². The lowest BCUT2D eigenvalue weighted by Gasteiger charge is -2.44. The quantitative estimate of drug-likeness (QED) is 0.196. The SMILES string of the molecule is CC[C@](C)(C=C(C#N)C(=O)N1CCCC(c2nc(-c3ccc(Oc4ccccc4)cc3F)c3c(N)nccn23)C1)N1CCN(C(C)=O)CC1. The Morgan fingerprint density at radius 2 is 1.86 bits per heavy atom. The number of nitriles is 1. The zero-order chi connectivity index (χ0) is 34.7. The van der Waals surface area contributed by atoms with Gasteiger partial charge in [0.1, 0.15) is 51.8 Å². The lowest BCUT2D eigenvalue weighted by molar-refractivity contribution is -0.131. The van der Waals surface area contributed by atoms with Crippen molar-refractivity contribution in [2.24, 2.45) is 0 Å². The van der Waals surface area contributed by atoms with Gasteiger partial charge in [0, 0.05) is 81.7 Å². The van der Waals surface area contributed by atoms with Crippen molar-refractivity contribution in [2.75, 3.05) is 45.0 Å². The Balaban J connectivity index is 1.26. The number of fused-ring (bicyclic) bond motifs is 1. The number of rotatable bonds is 8. The number of benzene rings is 2. The van der Waals surface area contributed by atoms with Crippen LogP contribution in [0, 0.1) is 17.1 Å². The summed E-state index contributed by atoms with van der Waals surface area (Å²) < 4.78 is 23.4. The fraction of sp³-hybridized carbons (Fsp3) is 0.378. The summed E-state index contributed by atoms with van der Waals surface area (Å²) in [6, 6.07) is 16.0. The number of aromatic nitrogens is 3. The van der Waals surface area contributed by atoms with Gasteiger partial charge in [-0.2, -0.15) is 5.26 Å². The van der Waals surface area contributed by atoms with Crippen molar-refractivity contribution in [3.63, 3.8) is 0 Å². The zero-order valence-electron chi connectivity index (χ0n) is 28.1. The van der Waals surface area contributed by atoms with Crippen molar-refractivity contribution < 1.29 is 18.7 Å². The molecule has 49 heavy (non-hydrogen) atoms. The molecular formula is C37H41FN8O3. The number of hydrogen-bond donors (Lipinski definition) is 1. The highest BCUT2D eigenvalue weighted by molar-refractivity contribution is 5.97. The first kappa shape index (κ1) is 33.6. The van der Waals surface area contributed by atoms with E-state index in [1.165, 1.54) is 6.07 Å². The van der Waals surface area contributed by atoms with Crippen molar-refractivity contribution in [1.29, 1.82) is 5.26 Å². The second-order valence-corrected chi connectivity index (χ2v) is 12.9. The second kappa shape index (κ2) is 14.1. The maximum atomic E-state index is 15.7. The van der Waals surface area contributed by atoms with E-state index in [1.54, 1.807) is 54.6 Å². The number of carbonyl (C=O) groups is 2. The molecule has 4 heterocycles. The summed E-state index contributed by atoms with van der Waals surface area (Å²) in [4.78, 5) is 40.8. The van der Waals surface area contributed by atoms with E-state index < -0.39 is 11.4 Å². The number of likely N-dealkylation sites (tertiary alicyclic amines) is 1. The minimum Gasteiger partial charge on any atom is -0.457 e. The fourth-order valence-corrected chi connectivity index (χ4v) is 6.88. The highest BCUT2D eigenvalue weighted by atomic mass is 19.1. The summed E-state index contributed by atoms with van der Waals surface area (Å²) in [5.74, 6) is 0.811. The molecule has 11 nitrogen and oxygen atoms in total. The molecule has 0 aliphatic carbocycles. The predicted molar refractivity (Wildman–Crippen MR) is 184 cm³/mol. The molecule has 2 saturated heterocycles. The Kier molecular flexibility index (Phi) is 9.65. The van der Waals surface area contributed by atoms with Gasteiger partial charge in [0.05, 0.1) is 0 Å². The molecule has 2 amide bonds. The topological polar surface area (TPSA) is 133 Å². The number of nitrogen functional groups attached to an aromatic ring is 1. The molecule has 2 aromatic carbocycles. The summed E-state index contributed by atoms with van der Waals surface area (Å²) in [6.45, 7) is 9.04. The van der Waals surface area contributed by atoms with Crippen LogP contribution < -0.4 is 10.5 Å². The van der Waals surface area contributed by atoms with Crippen LogP contribution in [0.15, 0.2) is 72.6 Å². The van der Waals surface area contributed by atoms with Gasteiger partial charge in [0.25, 0.3) is 5.91 Å². The lowest BCUT2D eigenvalue weighted by Crippen LogP contribution is -2.56. The first-order valence-electron chi connectivity index (χ1n) is 16.7. The molecule has 0 bridgehead atoms. The van der Waals surface area contributed by atoms with E-state index >= 15 is 4.39 Å². The Hall–Kier alpha value is -5.28. The smallest absolute Gasteiger partial charge is 0.264 e. The third-order valence-electron chi connectivity index (χ3n) is 9.83. The number of para-hydroxylation sites is 1. The molecule has 0 spiro atoms. The Morgan fingerprint density at radius 3 is 2.53 bits per heavy atom. The molecular weight excluding hydrogens is 623 g/mol. The largest absolute Gasteiger partial charge is 0.457 e. The van der Waals surface area contributed by atoms with Gasteiger partial charge in [0.15, 0.2) is 0 Å². The summed E-state index contributed by atoms with van der Waals surface area (Å²) in [6.07, 6.45) is 7.28. The highest BCUT2D eigenvalue weighted by Crippen LogP contribution is 2.37. The lowest BCUT2D eigenvalue weighted by atomic mass is 9.91. The molecule has 2 N–H and O–H groups in total. The van der Waals surface area contributed by atoms with Crippen molar-refractivity contribution >= 4 is 23.1 Å². The number of amides is 2. The molecule has 12 heteroatoms. The van der Waals surface area contributed by atoms with Gasteiger partial charge in [-0.25, -0.2) is 14.4 Å². The van der Waals surface area contributed by atoms with Crippen LogP contribution in [0.2, 0.25) is 0 Å². The maximum absolute atomic E-state index is 15.7. The van der Waals surface area contributed by atoms with Gasteiger partial charge in [-0.15, -0.1) is 0 Å². The van der Waals surface area contributed by atoms with Crippen LogP contribution in [-0.4, -0.2) is 85.7 Å². The second-order valence-electron chi connectivity index (χ2n) is 12.9. The van der Waals surface area contributed by atoms with Crippen molar-refractivity contribution in [3.05, 3.63) is 84.2 Å². The number of piperidine rings is 1. The van der Waals surface area contributed by atoms with Crippen molar-refractivity contribution in [1.82, 2.24) is 29.1 Å². The molecule has 4 aromatic rings. The number of anilines is 1. The number of nitrogens with zero attached hydrogens (tertiary/aromatic N) is 7. The van der Waals surface area contributed by atoms with Crippen molar-refractivity contribution in [2.45, 2.75) is 51.5 Å². The molecule has 2 atom stereocenters. The molecule has 2 aliphatic heterocycles. The average molecular weight is 665 g/mol. The van der Waals surface area contributed by atoms with Crippen LogP contribution >= 0.6 is 0 Å². The third-order valence-corrected chi connectivity index (χ3v) is 9.83. The van der Waals surface area contributed by atoms with Crippen LogP contribution in [0.4, 0.5) is 10.2 Å². The van der Waals surface area contributed by atoms with Gasteiger partial charge in [0.2, 0.25) is 5.91 Å². The number of hydrogen-bond acceptors (Lipinski definition) is 8. The van der Waals surface area contributed by atoms with Crippen LogP contribution in [0.25, 0.3) is 16.8 Å². The Labute approximate surface area is 285 Å². The molecule has 2 fully saturated rings. The summed E-state index contributed by atoms with van der Waals surface area (Å²) in [5.41, 5.74) is 7.03. The third kappa shape index (κ3) is 6.85. The van der Waals surface area contributed by atoms with Gasteiger partial charge in [-0.05, 0) is 56.5 Å². The van der Waals surface area contributed by atoms with Gasteiger partial charge < -0.3 is 20.3 Å². The van der Waals surface area contributed by atoms with Crippen LogP contribution in [-0.2, 0) is 9.59 Å². The first-order chi connectivity index (χ1) is 23.6. The minimum atomic E-state index is -0.525. The van der Waals surface area contributed by atoms with Crippen LogP contribution in [0.3, 0.4) is 0 Å². The molecule has 1 unspecified atom stereocenters. The van der Waals surface area contributed by atoms with Gasteiger partial charge >= 0.3 is 0 Å². The van der Waals surface area contributed by atoms with E-state index in [0.29, 0.717) is 80.6 Å². The number of imidazole rings is 1. The summed E-state index contributed by atoms with van der Waals surface area (Å²) in [5, 5.41) is 10.2. The molecule has 254 valence electrons. The van der Waals surface area contributed by atoms with Gasteiger partial charge in [-0.3, -0.25) is 18.9 Å². The summed E-state index contributed by atoms with van der Waals surface area (Å²) in [7, 11) is 0. The number of nitrogens with two attached hydrogens (primary N) is 1. The monoisotopic (exact) mass is 664 g/mol. The molecule has 0 radical (unpaired) electrons. The number of ether oxygens (including phenoxy) is 1. The fourth-order valence-electron chi connectivity index (χ4n) is 6.88. The number of piperazine rings is 1. The Bertz CT molecular complexity index is 1930. The van der Waals surface area contributed by atoms with Crippen LogP contribution in [0.1, 0.15) is 51.8 Å². The molecule has 6 rings (SSSR count). The van der Waals surface area contributed by atoms with E-state index in [4.69, 9.17) is 15.5 Å². The minimum absolute atomic E-state index is 0.0498. The first-order valence-corrected chi connectivity index (χ1v) is 16.7. The maximum Gasteiger partial charge on any atom is 0.264 e. The van der Waals surface area contributed by atoms with E-state index in [1.807, 2.05) is 41.3 Å². The van der Waals surface area contributed by atoms with E-state index in [-0.39, 0.29) is 34.7 Å². The van der Waals surface area contributed by atoms with E-state index in [2.05, 4.69) is 16.0 Å². The average Bonchev–Trinajstić information content (AvgIpc) is 3.51. The van der Waals surface area contributed by atoms with E-state index in [9.17, 15) is 14.9 Å². The standard InChI is InChI=1S/C37H41FN8O3/c1-4-37(3,45-19-17-43(18-20-45)25(2)47)22-27(23-39)36(48)44-15-8-9-26(24-44)35-42-32(33-34(40)41-14-16-46(33)35)30-13-12-29(21-31(30)38)49-28-10-6-5-7-11-28/h5-7,10-14,16,21-22,26H,4,8-9,15,17-20,24H2,1-3H3,(H2,40,41)/t26?,37-/m1/s1. The highest BCUT2D eigenvalue weighted by Gasteiger charge is 2.35.